The monoisotopic (exact) mass is 221 g/mol. The lowest BCUT2D eigenvalue weighted by atomic mass is 10.1. The van der Waals surface area contributed by atoms with Gasteiger partial charge in [-0.2, -0.15) is 0 Å². The first-order valence-electron chi connectivity index (χ1n) is 5.56. The van der Waals surface area contributed by atoms with Gasteiger partial charge in [0.1, 0.15) is 11.9 Å². The van der Waals surface area contributed by atoms with Gasteiger partial charge in [-0.05, 0) is 43.5 Å². The molecule has 0 bridgehead atoms. The van der Waals surface area contributed by atoms with Crippen LogP contribution in [0.4, 0.5) is 10.1 Å². The van der Waals surface area contributed by atoms with E-state index >= 15 is 0 Å². The Morgan fingerprint density at radius 3 is 3.12 bits per heavy atom. The molecule has 1 unspecified atom stereocenters. The first-order chi connectivity index (χ1) is 7.75. The van der Waals surface area contributed by atoms with Crippen molar-refractivity contribution in [1.82, 2.24) is 0 Å². The van der Waals surface area contributed by atoms with Crippen LogP contribution < -0.4 is 5.32 Å². The van der Waals surface area contributed by atoms with Gasteiger partial charge in [0, 0.05) is 0 Å². The SMILES string of the molecule is Cc1ccc(F)c(NCC2CCC=CO2)c1. The Labute approximate surface area is 95.1 Å². The fraction of sp³-hybridized carbons (Fsp3) is 0.385. The van der Waals surface area contributed by atoms with Crippen molar-refractivity contribution in [2.45, 2.75) is 25.9 Å². The zero-order valence-corrected chi connectivity index (χ0v) is 9.37. The minimum atomic E-state index is -0.211. The molecule has 1 aromatic rings. The first-order valence-corrected chi connectivity index (χ1v) is 5.56. The molecule has 1 N–H and O–H groups in total. The highest BCUT2D eigenvalue weighted by Gasteiger charge is 2.11. The quantitative estimate of drug-likeness (QED) is 0.846. The Morgan fingerprint density at radius 2 is 2.38 bits per heavy atom. The first kappa shape index (κ1) is 11.0. The molecule has 1 atom stereocenters. The summed E-state index contributed by atoms with van der Waals surface area (Å²) in [5, 5.41) is 3.09. The number of nitrogens with one attached hydrogen (secondary N) is 1. The van der Waals surface area contributed by atoms with Crippen LogP contribution in [0.5, 0.6) is 0 Å². The normalized spacial score (nSPS) is 19.2. The summed E-state index contributed by atoms with van der Waals surface area (Å²) in [6, 6.07) is 5.06. The average Bonchev–Trinajstić information content (AvgIpc) is 2.32. The van der Waals surface area contributed by atoms with Crippen LogP contribution in [0.1, 0.15) is 18.4 Å². The maximum atomic E-state index is 13.4. The molecule has 0 aliphatic carbocycles. The van der Waals surface area contributed by atoms with Crippen LogP contribution in [-0.2, 0) is 4.74 Å². The minimum Gasteiger partial charge on any atom is -0.497 e. The summed E-state index contributed by atoms with van der Waals surface area (Å²) in [6.45, 7) is 2.59. The van der Waals surface area contributed by atoms with Crippen LogP contribution in [0, 0.1) is 12.7 Å². The molecule has 86 valence electrons. The smallest absolute Gasteiger partial charge is 0.146 e. The molecule has 0 saturated carbocycles. The molecule has 0 radical (unpaired) electrons. The number of rotatable bonds is 3. The largest absolute Gasteiger partial charge is 0.497 e. The van der Waals surface area contributed by atoms with Crippen LogP contribution in [-0.4, -0.2) is 12.6 Å². The minimum absolute atomic E-state index is 0.143. The summed E-state index contributed by atoms with van der Waals surface area (Å²) in [5.41, 5.74) is 1.60. The Bertz CT molecular complexity index is 390. The van der Waals surface area contributed by atoms with E-state index in [0.29, 0.717) is 12.2 Å². The Kier molecular flexibility index (Phi) is 3.44. The van der Waals surface area contributed by atoms with Crippen molar-refractivity contribution >= 4 is 5.69 Å². The van der Waals surface area contributed by atoms with Gasteiger partial charge >= 0.3 is 0 Å². The molecule has 0 saturated heterocycles. The van der Waals surface area contributed by atoms with E-state index in [9.17, 15) is 4.39 Å². The van der Waals surface area contributed by atoms with Crippen LogP contribution >= 0.6 is 0 Å². The molecule has 16 heavy (non-hydrogen) atoms. The van der Waals surface area contributed by atoms with Gasteiger partial charge in [-0.1, -0.05) is 6.07 Å². The molecule has 2 nitrogen and oxygen atoms in total. The predicted molar refractivity (Wildman–Crippen MR) is 62.9 cm³/mol. The van der Waals surface area contributed by atoms with E-state index in [1.807, 2.05) is 19.1 Å². The summed E-state index contributed by atoms with van der Waals surface area (Å²) in [6.07, 6.45) is 5.89. The van der Waals surface area contributed by atoms with Crippen molar-refractivity contribution in [2.75, 3.05) is 11.9 Å². The van der Waals surface area contributed by atoms with E-state index in [4.69, 9.17) is 4.74 Å². The predicted octanol–water partition coefficient (Wildman–Crippen LogP) is 3.24. The number of allylic oxidation sites excluding steroid dienone is 1. The number of anilines is 1. The number of aryl methyl sites for hydroxylation is 1. The van der Waals surface area contributed by atoms with Crippen molar-refractivity contribution in [3.05, 3.63) is 41.9 Å². The zero-order chi connectivity index (χ0) is 11.4. The third-order valence-electron chi connectivity index (χ3n) is 2.66. The molecule has 1 aliphatic rings. The van der Waals surface area contributed by atoms with Gasteiger partial charge in [0.25, 0.3) is 0 Å². The number of hydrogen-bond donors (Lipinski definition) is 1. The number of hydrogen-bond acceptors (Lipinski definition) is 2. The fourth-order valence-corrected chi connectivity index (χ4v) is 1.73. The Morgan fingerprint density at radius 1 is 1.50 bits per heavy atom. The Hall–Kier alpha value is -1.51. The van der Waals surface area contributed by atoms with Gasteiger partial charge < -0.3 is 10.1 Å². The summed E-state index contributed by atoms with van der Waals surface area (Å²) in [5.74, 6) is -0.211. The molecular weight excluding hydrogens is 205 g/mol. The summed E-state index contributed by atoms with van der Waals surface area (Å²) >= 11 is 0. The number of halogens is 1. The van der Waals surface area contributed by atoms with Gasteiger partial charge in [0.15, 0.2) is 0 Å². The number of benzene rings is 1. The highest BCUT2D eigenvalue weighted by molar-refractivity contribution is 5.47. The molecule has 0 aromatic heterocycles. The second-order valence-electron chi connectivity index (χ2n) is 4.07. The molecule has 1 aliphatic heterocycles. The third kappa shape index (κ3) is 2.75. The second-order valence-corrected chi connectivity index (χ2v) is 4.07. The molecule has 0 amide bonds. The van der Waals surface area contributed by atoms with Gasteiger partial charge in [-0.15, -0.1) is 0 Å². The molecule has 0 spiro atoms. The van der Waals surface area contributed by atoms with Crippen molar-refractivity contribution in [1.29, 1.82) is 0 Å². The lowest BCUT2D eigenvalue weighted by Gasteiger charge is -2.20. The molecule has 1 heterocycles. The zero-order valence-electron chi connectivity index (χ0n) is 9.37. The van der Waals surface area contributed by atoms with E-state index in [1.54, 1.807) is 12.3 Å². The summed E-state index contributed by atoms with van der Waals surface area (Å²) in [4.78, 5) is 0. The van der Waals surface area contributed by atoms with E-state index < -0.39 is 0 Å². The Balaban J connectivity index is 1.93. The average molecular weight is 221 g/mol. The van der Waals surface area contributed by atoms with E-state index in [2.05, 4.69) is 5.32 Å². The molecule has 2 rings (SSSR count). The van der Waals surface area contributed by atoms with E-state index in [0.717, 1.165) is 18.4 Å². The van der Waals surface area contributed by atoms with Gasteiger partial charge in [0.2, 0.25) is 0 Å². The fourth-order valence-electron chi connectivity index (χ4n) is 1.73. The van der Waals surface area contributed by atoms with Crippen LogP contribution in [0.15, 0.2) is 30.5 Å². The third-order valence-corrected chi connectivity index (χ3v) is 2.66. The van der Waals surface area contributed by atoms with Crippen molar-refractivity contribution in [2.24, 2.45) is 0 Å². The lowest BCUT2D eigenvalue weighted by Crippen LogP contribution is -2.23. The molecular formula is C13H16FNO. The highest BCUT2D eigenvalue weighted by Crippen LogP contribution is 2.17. The van der Waals surface area contributed by atoms with Crippen molar-refractivity contribution in [3.8, 4) is 0 Å². The highest BCUT2D eigenvalue weighted by atomic mass is 19.1. The number of ether oxygens (including phenoxy) is 1. The standard InChI is InChI=1S/C13H16FNO/c1-10-5-6-12(14)13(8-10)15-9-11-4-2-3-7-16-11/h3,5-8,11,15H,2,4,9H2,1H3. The summed E-state index contributed by atoms with van der Waals surface area (Å²) < 4.78 is 18.8. The van der Waals surface area contributed by atoms with Crippen LogP contribution in [0.3, 0.4) is 0 Å². The maximum Gasteiger partial charge on any atom is 0.146 e. The van der Waals surface area contributed by atoms with Crippen molar-refractivity contribution in [3.63, 3.8) is 0 Å². The second kappa shape index (κ2) is 5.01. The maximum absolute atomic E-state index is 13.4. The van der Waals surface area contributed by atoms with E-state index in [1.165, 1.54) is 6.07 Å². The van der Waals surface area contributed by atoms with Gasteiger partial charge in [0.05, 0.1) is 18.5 Å². The molecule has 3 heteroatoms. The van der Waals surface area contributed by atoms with Crippen LogP contribution in [0.25, 0.3) is 0 Å². The van der Waals surface area contributed by atoms with Crippen LogP contribution in [0.2, 0.25) is 0 Å². The topological polar surface area (TPSA) is 21.3 Å². The molecule has 0 fully saturated rings. The summed E-state index contributed by atoms with van der Waals surface area (Å²) in [7, 11) is 0. The van der Waals surface area contributed by atoms with Gasteiger partial charge in [-0.25, -0.2) is 4.39 Å². The van der Waals surface area contributed by atoms with Gasteiger partial charge in [-0.3, -0.25) is 0 Å². The lowest BCUT2D eigenvalue weighted by molar-refractivity contribution is 0.135. The van der Waals surface area contributed by atoms with Crippen molar-refractivity contribution < 1.29 is 9.13 Å². The van der Waals surface area contributed by atoms with E-state index in [-0.39, 0.29) is 11.9 Å². The molecule has 1 aromatic carbocycles.